The van der Waals surface area contributed by atoms with E-state index in [1.54, 1.807) is 7.11 Å². The van der Waals surface area contributed by atoms with Gasteiger partial charge in [-0.05, 0) is 62.9 Å². The van der Waals surface area contributed by atoms with Gasteiger partial charge in [0.05, 0.1) is 36.9 Å². The van der Waals surface area contributed by atoms with Gasteiger partial charge in [0.25, 0.3) is 0 Å². The van der Waals surface area contributed by atoms with Gasteiger partial charge in [-0.15, -0.1) is 0 Å². The summed E-state index contributed by atoms with van der Waals surface area (Å²) in [6.45, 7) is 2.26. The molecule has 8 heteroatoms. The third-order valence-corrected chi connectivity index (χ3v) is 6.27. The molecule has 0 atom stereocenters. The molecule has 0 radical (unpaired) electrons. The van der Waals surface area contributed by atoms with Gasteiger partial charge in [0.2, 0.25) is 0 Å². The Hall–Kier alpha value is -3.36. The van der Waals surface area contributed by atoms with E-state index in [9.17, 15) is 9.90 Å². The van der Waals surface area contributed by atoms with E-state index < -0.39 is 11.8 Å². The predicted octanol–water partition coefficient (Wildman–Crippen LogP) is 4.70. The second-order valence-corrected chi connectivity index (χ2v) is 8.61. The van der Waals surface area contributed by atoms with Crippen LogP contribution in [0.15, 0.2) is 54.6 Å². The van der Waals surface area contributed by atoms with E-state index in [2.05, 4.69) is 29.0 Å². The van der Waals surface area contributed by atoms with E-state index in [0.717, 1.165) is 22.7 Å². The fraction of sp³-hybridized carbons (Fsp3) is 0.385. The predicted molar refractivity (Wildman–Crippen MR) is 126 cm³/mol. The minimum absolute atomic E-state index is 0.00226. The van der Waals surface area contributed by atoms with Gasteiger partial charge >= 0.3 is 6.16 Å². The zero-order valence-corrected chi connectivity index (χ0v) is 19.4. The minimum Gasteiger partial charge on any atom is -0.497 e. The molecule has 1 heterocycles. The maximum atomic E-state index is 11.5. The Morgan fingerprint density at radius 2 is 1.76 bits per heavy atom. The van der Waals surface area contributed by atoms with Gasteiger partial charge in [0.1, 0.15) is 18.0 Å². The molecule has 2 aromatic carbocycles. The topological polar surface area (TPSA) is 103 Å². The summed E-state index contributed by atoms with van der Waals surface area (Å²) in [7, 11) is 1.63. The second kappa shape index (κ2) is 10.3. The van der Waals surface area contributed by atoms with Crippen molar-refractivity contribution in [3.63, 3.8) is 0 Å². The van der Waals surface area contributed by atoms with Crippen LogP contribution in [-0.4, -0.2) is 52.6 Å². The number of aliphatic hydroxyl groups is 1. The largest absolute Gasteiger partial charge is 0.505 e. The lowest BCUT2D eigenvalue weighted by atomic mass is 9.81. The number of methoxy groups -OCH3 is 1. The van der Waals surface area contributed by atoms with E-state index in [1.807, 2.05) is 41.9 Å². The van der Waals surface area contributed by atoms with Crippen LogP contribution >= 0.6 is 0 Å². The van der Waals surface area contributed by atoms with Crippen molar-refractivity contribution in [1.29, 1.82) is 0 Å². The number of aromatic nitrogens is 2. The lowest BCUT2D eigenvalue weighted by Crippen LogP contribution is -2.35. The van der Waals surface area contributed by atoms with Gasteiger partial charge in [-0.3, -0.25) is 0 Å². The van der Waals surface area contributed by atoms with Gasteiger partial charge < -0.3 is 24.4 Å². The molecule has 0 saturated heterocycles. The van der Waals surface area contributed by atoms with Crippen molar-refractivity contribution in [2.75, 3.05) is 20.3 Å². The van der Waals surface area contributed by atoms with Gasteiger partial charge in [0, 0.05) is 5.56 Å². The maximum Gasteiger partial charge on any atom is 0.505 e. The summed E-state index contributed by atoms with van der Waals surface area (Å²) in [5.74, 6) is 0.763. The molecule has 4 rings (SSSR count). The highest BCUT2D eigenvalue weighted by atomic mass is 16.7. The first-order chi connectivity index (χ1) is 16.4. The van der Waals surface area contributed by atoms with Crippen molar-refractivity contribution < 1.29 is 29.2 Å². The molecule has 1 aromatic heterocycles. The second-order valence-electron chi connectivity index (χ2n) is 8.61. The molecular formula is C26H30N2O6. The lowest BCUT2D eigenvalue weighted by molar-refractivity contribution is -0.0683. The summed E-state index contributed by atoms with van der Waals surface area (Å²) in [4.78, 5) is 10.4. The minimum atomic E-state index is -1.31. The molecule has 0 spiro atoms. The van der Waals surface area contributed by atoms with Gasteiger partial charge in [0.15, 0.2) is 0 Å². The number of carboxylic acid groups (broad SMARTS) is 1. The first-order valence-corrected chi connectivity index (χ1v) is 11.4. The van der Waals surface area contributed by atoms with Crippen molar-refractivity contribution in [1.82, 2.24) is 9.78 Å². The molecule has 1 saturated carbocycles. The van der Waals surface area contributed by atoms with E-state index in [0.29, 0.717) is 31.4 Å². The van der Waals surface area contributed by atoms with Crippen LogP contribution in [-0.2, 0) is 15.1 Å². The molecular weight excluding hydrogens is 436 g/mol. The molecule has 3 aromatic rings. The van der Waals surface area contributed by atoms with Crippen molar-refractivity contribution in [3.05, 3.63) is 65.9 Å². The van der Waals surface area contributed by atoms with Gasteiger partial charge in [-0.2, -0.15) is 5.10 Å². The number of aryl methyl sites for hydroxylation is 1. The smallest absolute Gasteiger partial charge is 0.497 e. The van der Waals surface area contributed by atoms with E-state index >= 15 is 0 Å². The molecule has 2 N–H and O–H groups in total. The van der Waals surface area contributed by atoms with Gasteiger partial charge in [-0.25, -0.2) is 9.48 Å². The van der Waals surface area contributed by atoms with Crippen LogP contribution < -0.4 is 4.74 Å². The third-order valence-electron chi connectivity index (χ3n) is 6.27. The fourth-order valence-corrected chi connectivity index (χ4v) is 4.29. The lowest BCUT2D eigenvalue weighted by Gasteiger charge is -2.34. The first-order valence-electron chi connectivity index (χ1n) is 11.4. The first kappa shape index (κ1) is 23.8. The van der Waals surface area contributed by atoms with Crippen LogP contribution in [0.5, 0.6) is 5.75 Å². The molecule has 0 aliphatic heterocycles. The monoisotopic (exact) mass is 466 g/mol. The molecule has 0 bridgehead atoms. The maximum absolute atomic E-state index is 11.5. The summed E-state index contributed by atoms with van der Waals surface area (Å²) in [5, 5.41) is 24.9. The number of nitrogens with zero attached hydrogens (tertiary/aromatic N) is 2. The van der Waals surface area contributed by atoms with Crippen molar-refractivity contribution in [3.8, 4) is 22.7 Å². The fourth-order valence-electron chi connectivity index (χ4n) is 4.29. The number of carbonyl (C=O) groups is 1. The number of hydrogen-bond donors (Lipinski definition) is 2. The number of rotatable bonds is 8. The van der Waals surface area contributed by atoms with Crippen molar-refractivity contribution >= 4 is 6.16 Å². The summed E-state index contributed by atoms with van der Waals surface area (Å²) in [6, 6.07) is 17.9. The number of ether oxygens (including phenoxy) is 3. The Morgan fingerprint density at radius 1 is 1.09 bits per heavy atom. The quantitative estimate of drug-likeness (QED) is 0.366. The average Bonchev–Trinajstić information content (AvgIpc) is 3.30. The van der Waals surface area contributed by atoms with Gasteiger partial charge in [-0.1, -0.05) is 29.8 Å². The molecule has 0 unspecified atom stereocenters. The Kier molecular flexibility index (Phi) is 7.19. The molecule has 180 valence electrons. The Morgan fingerprint density at radius 3 is 2.38 bits per heavy atom. The van der Waals surface area contributed by atoms with Crippen molar-refractivity contribution in [2.45, 2.75) is 44.3 Å². The summed E-state index contributed by atoms with van der Waals surface area (Å²) in [5.41, 5.74) is 3.53. The highest BCUT2D eigenvalue weighted by Crippen LogP contribution is 2.39. The van der Waals surface area contributed by atoms with Crippen LogP contribution in [0.1, 0.15) is 36.9 Å². The number of hydrogen-bond acceptors (Lipinski definition) is 6. The van der Waals surface area contributed by atoms with Crippen LogP contribution in [0.2, 0.25) is 0 Å². The molecule has 0 amide bonds. The third kappa shape index (κ3) is 5.40. The summed E-state index contributed by atoms with van der Waals surface area (Å²) >= 11 is 0. The molecule has 34 heavy (non-hydrogen) atoms. The molecule has 8 nitrogen and oxygen atoms in total. The zero-order chi connectivity index (χ0) is 24.1. The molecule has 1 aliphatic carbocycles. The normalized spacial score (nSPS) is 20.1. The molecule has 1 aliphatic rings. The molecule has 1 fully saturated rings. The van der Waals surface area contributed by atoms with Crippen LogP contribution in [0.25, 0.3) is 16.9 Å². The van der Waals surface area contributed by atoms with Crippen LogP contribution in [0.3, 0.4) is 0 Å². The van der Waals surface area contributed by atoms with E-state index in [-0.39, 0.29) is 19.3 Å². The Labute approximate surface area is 198 Å². The average molecular weight is 467 g/mol. The van der Waals surface area contributed by atoms with E-state index in [1.165, 1.54) is 5.56 Å². The van der Waals surface area contributed by atoms with Crippen LogP contribution in [0.4, 0.5) is 4.79 Å². The highest BCUT2D eigenvalue weighted by Gasteiger charge is 2.38. The highest BCUT2D eigenvalue weighted by molar-refractivity contribution is 5.63. The zero-order valence-electron chi connectivity index (χ0n) is 19.4. The SMILES string of the molecule is COc1ccc(-n2nc([C@]3(O)CC[C@H](OCCOC(=O)O)CC3)cc2-c2ccc(C)cc2)cc1. The Bertz CT molecular complexity index is 1100. The Balaban J connectivity index is 1.56. The number of benzene rings is 2. The van der Waals surface area contributed by atoms with Crippen LogP contribution in [0, 0.1) is 6.92 Å². The summed E-state index contributed by atoms with van der Waals surface area (Å²) in [6.07, 6.45) is 0.961. The van der Waals surface area contributed by atoms with E-state index in [4.69, 9.17) is 19.7 Å². The van der Waals surface area contributed by atoms with Crippen molar-refractivity contribution in [2.24, 2.45) is 0 Å². The summed E-state index contributed by atoms with van der Waals surface area (Å²) < 4.78 is 17.4. The standard InChI is InChI=1S/C26H30N2O6/c1-18-3-5-19(6-4-18)23-17-24(27-28(23)20-7-9-21(32-2)10-8-20)26(31)13-11-22(12-14-26)33-15-16-34-25(29)30/h3-10,17,22,31H,11-16H2,1-2H3,(H,29,30)/t22-,26-.